The Labute approximate surface area is 264 Å². The Kier molecular flexibility index (Phi) is 9.22. The number of anilines is 1. The average molecular weight is 630 g/mol. The molecule has 0 radical (unpaired) electrons. The van der Waals surface area contributed by atoms with Crippen LogP contribution in [0.3, 0.4) is 0 Å². The van der Waals surface area contributed by atoms with Gasteiger partial charge < -0.3 is 14.4 Å². The molecular formula is C34H39N5O5S. The van der Waals surface area contributed by atoms with Gasteiger partial charge >= 0.3 is 0 Å². The summed E-state index contributed by atoms with van der Waals surface area (Å²) in [5, 5.41) is 0. The summed E-state index contributed by atoms with van der Waals surface area (Å²) in [7, 11) is -2.55. The van der Waals surface area contributed by atoms with Crippen molar-refractivity contribution in [3.63, 3.8) is 0 Å². The van der Waals surface area contributed by atoms with Crippen LogP contribution in [0, 0.1) is 19.3 Å². The van der Waals surface area contributed by atoms with Crippen LogP contribution in [0.25, 0.3) is 11.3 Å². The number of fused-ring (bicyclic) bond motifs is 4. The van der Waals surface area contributed by atoms with Gasteiger partial charge in [-0.2, -0.15) is 4.98 Å². The van der Waals surface area contributed by atoms with E-state index in [0.29, 0.717) is 24.4 Å². The highest BCUT2D eigenvalue weighted by atomic mass is 32.2. The zero-order valence-electron chi connectivity index (χ0n) is 26.5. The first kappa shape index (κ1) is 32.1. The van der Waals surface area contributed by atoms with Crippen molar-refractivity contribution in [3.8, 4) is 17.1 Å². The van der Waals surface area contributed by atoms with Crippen molar-refractivity contribution in [2.45, 2.75) is 65.1 Å². The van der Waals surface area contributed by atoms with E-state index in [0.717, 1.165) is 22.4 Å². The standard InChI is InChI=1S/C34H39N5O5S/c1-22-10-7-11-23(2)31(22)29-17-30-37-33(36-29)38-45(41,42)28-15-8-12-24(16-28)32(40)39(27(21-44-30)18-34(3,4)5)19-25-13-9-14-26(35-25)20-43-6/h7-17,27H,18-21H2,1-6H3,(H,36,37,38)/t27-/m1/s1. The van der Waals surface area contributed by atoms with Gasteiger partial charge in [-0.05, 0) is 67.1 Å². The van der Waals surface area contributed by atoms with Crippen LogP contribution in [0.5, 0.6) is 5.88 Å². The monoisotopic (exact) mass is 629 g/mol. The van der Waals surface area contributed by atoms with Gasteiger partial charge in [0.2, 0.25) is 11.8 Å². The molecule has 0 saturated heterocycles. The summed E-state index contributed by atoms with van der Waals surface area (Å²) in [6, 6.07) is 18.8. The number of hydrogen-bond donors (Lipinski definition) is 1. The molecule has 4 bridgehead atoms. The number of sulfonamides is 1. The van der Waals surface area contributed by atoms with Gasteiger partial charge in [-0.25, -0.2) is 18.1 Å². The Balaban J connectivity index is 1.67. The lowest BCUT2D eigenvalue weighted by molar-refractivity contribution is 0.0509. The second-order valence-electron chi connectivity index (χ2n) is 12.5. The summed E-state index contributed by atoms with van der Waals surface area (Å²) in [5.74, 6) is -0.264. The van der Waals surface area contributed by atoms with Crippen LogP contribution >= 0.6 is 0 Å². The molecule has 0 spiro atoms. The first-order valence-corrected chi connectivity index (χ1v) is 16.3. The molecule has 2 aromatic carbocycles. The SMILES string of the molecule is COCc1cccc(CN2C(=O)c3cccc(c3)S(=O)(=O)Nc3nc(cc(-c4c(C)cccc4C)n3)OC[C@H]2CC(C)(C)C)n1. The van der Waals surface area contributed by atoms with Crippen molar-refractivity contribution < 1.29 is 22.7 Å². The number of amides is 1. The average Bonchev–Trinajstić information content (AvgIpc) is 2.97. The largest absolute Gasteiger partial charge is 0.475 e. The fraction of sp³-hybridized carbons (Fsp3) is 0.353. The van der Waals surface area contributed by atoms with Crippen LogP contribution in [-0.2, 0) is 27.9 Å². The Morgan fingerprint density at radius 3 is 2.36 bits per heavy atom. The summed E-state index contributed by atoms with van der Waals surface area (Å²) in [6.45, 7) is 10.9. The molecule has 1 N–H and O–H groups in total. The molecule has 10 nitrogen and oxygen atoms in total. The molecule has 0 aliphatic carbocycles. The fourth-order valence-corrected chi connectivity index (χ4v) is 6.56. The van der Waals surface area contributed by atoms with Crippen molar-refractivity contribution in [2.75, 3.05) is 18.4 Å². The smallest absolute Gasteiger partial charge is 0.264 e. The van der Waals surface area contributed by atoms with Gasteiger partial charge in [0, 0.05) is 24.3 Å². The molecule has 0 fully saturated rings. The second-order valence-corrected chi connectivity index (χ2v) is 14.2. The number of pyridine rings is 1. The lowest BCUT2D eigenvalue weighted by Gasteiger charge is -2.35. The molecule has 5 rings (SSSR count). The molecule has 45 heavy (non-hydrogen) atoms. The van der Waals surface area contributed by atoms with Gasteiger partial charge in [-0.1, -0.05) is 51.1 Å². The van der Waals surface area contributed by atoms with Crippen LogP contribution in [0.2, 0.25) is 0 Å². The highest BCUT2D eigenvalue weighted by molar-refractivity contribution is 7.92. The van der Waals surface area contributed by atoms with E-state index in [9.17, 15) is 13.2 Å². The Morgan fingerprint density at radius 1 is 0.956 bits per heavy atom. The minimum Gasteiger partial charge on any atom is -0.475 e. The van der Waals surface area contributed by atoms with Crippen molar-refractivity contribution in [2.24, 2.45) is 5.41 Å². The maximum Gasteiger partial charge on any atom is 0.264 e. The molecule has 3 heterocycles. The van der Waals surface area contributed by atoms with Crippen molar-refractivity contribution in [1.29, 1.82) is 0 Å². The number of aryl methyl sites for hydroxylation is 2. The summed E-state index contributed by atoms with van der Waals surface area (Å²) < 4.78 is 41.3. The van der Waals surface area contributed by atoms with E-state index in [-0.39, 0.29) is 46.8 Å². The van der Waals surface area contributed by atoms with Crippen molar-refractivity contribution in [1.82, 2.24) is 19.9 Å². The highest BCUT2D eigenvalue weighted by Crippen LogP contribution is 2.31. The number of methoxy groups -OCH3 is 1. The Hall–Kier alpha value is -4.35. The van der Waals surface area contributed by atoms with Gasteiger partial charge in [-0.15, -0.1) is 0 Å². The number of benzene rings is 2. The van der Waals surface area contributed by atoms with Gasteiger partial charge in [0.05, 0.1) is 41.2 Å². The molecule has 11 heteroatoms. The third-order valence-corrected chi connectivity index (χ3v) is 8.84. The van der Waals surface area contributed by atoms with E-state index < -0.39 is 16.1 Å². The summed E-state index contributed by atoms with van der Waals surface area (Å²) in [4.78, 5) is 29.7. The Morgan fingerprint density at radius 2 is 1.64 bits per heavy atom. The van der Waals surface area contributed by atoms with E-state index in [1.165, 1.54) is 12.1 Å². The maximum atomic E-state index is 14.3. The molecular weight excluding hydrogens is 590 g/mol. The van der Waals surface area contributed by atoms with E-state index in [2.05, 4.69) is 35.5 Å². The molecule has 1 aliphatic rings. The molecule has 1 aliphatic heterocycles. The van der Waals surface area contributed by atoms with Gasteiger partial charge in [0.1, 0.15) is 6.61 Å². The summed E-state index contributed by atoms with van der Waals surface area (Å²) in [5.41, 5.74) is 4.80. The first-order chi connectivity index (χ1) is 21.3. The molecule has 236 valence electrons. The minimum atomic E-state index is -4.16. The maximum absolute atomic E-state index is 14.3. The first-order valence-electron chi connectivity index (χ1n) is 14.8. The van der Waals surface area contributed by atoms with E-state index in [4.69, 9.17) is 14.5 Å². The number of carbonyl (C=O) groups is 1. The van der Waals surface area contributed by atoms with Crippen LogP contribution in [0.4, 0.5) is 5.95 Å². The lowest BCUT2D eigenvalue weighted by Crippen LogP contribution is -2.45. The normalized spacial score (nSPS) is 16.5. The van der Waals surface area contributed by atoms with Crippen LogP contribution in [-0.4, -0.2) is 53.9 Å². The van der Waals surface area contributed by atoms with Gasteiger partial charge in [0.25, 0.3) is 15.9 Å². The van der Waals surface area contributed by atoms with E-state index in [1.54, 1.807) is 30.2 Å². The molecule has 2 aromatic heterocycles. The zero-order chi connectivity index (χ0) is 32.4. The summed E-state index contributed by atoms with van der Waals surface area (Å²) in [6.07, 6.45) is 0.592. The second kappa shape index (κ2) is 12.9. The fourth-order valence-electron chi connectivity index (χ4n) is 5.57. The minimum absolute atomic E-state index is 0.0799. The van der Waals surface area contributed by atoms with E-state index >= 15 is 0 Å². The van der Waals surface area contributed by atoms with Crippen molar-refractivity contribution >= 4 is 21.9 Å². The third kappa shape index (κ3) is 7.66. The molecule has 4 aromatic rings. The number of nitrogens with zero attached hydrogens (tertiary/aromatic N) is 4. The van der Waals surface area contributed by atoms with E-state index in [1.807, 2.05) is 50.2 Å². The number of hydrogen-bond acceptors (Lipinski definition) is 8. The lowest BCUT2D eigenvalue weighted by atomic mass is 9.87. The zero-order valence-corrected chi connectivity index (χ0v) is 27.3. The number of ether oxygens (including phenoxy) is 2. The number of nitrogens with one attached hydrogen (secondary N) is 1. The number of rotatable bonds is 6. The Bertz CT molecular complexity index is 1800. The summed E-state index contributed by atoms with van der Waals surface area (Å²) >= 11 is 0. The van der Waals surface area contributed by atoms with Crippen molar-refractivity contribution in [3.05, 3.63) is 94.8 Å². The van der Waals surface area contributed by atoms with Crippen LogP contribution in [0.15, 0.2) is 71.6 Å². The predicted molar refractivity (Wildman–Crippen MR) is 172 cm³/mol. The number of carbonyl (C=O) groups excluding carboxylic acids is 1. The number of aromatic nitrogens is 3. The van der Waals surface area contributed by atoms with Crippen LogP contribution < -0.4 is 9.46 Å². The molecule has 1 atom stereocenters. The molecule has 1 amide bonds. The van der Waals surface area contributed by atoms with Gasteiger partial charge in [0.15, 0.2) is 0 Å². The highest BCUT2D eigenvalue weighted by Gasteiger charge is 2.32. The molecule has 0 unspecified atom stereocenters. The quantitative estimate of drug-likeness (QED) is 0.278. The third-order valence-electron chi connectivity index (χ3n) is 7.52. The topological polar surface area (TPSA) is 124 Å². The van der Waals surface area contributed by atoms with Gasteiger partial charge in [-0.3, -0.25) is 9.78 Å². The van der Waals surface area contributed by atoms with Crippen LogP contribution in [0.1, 0.15) is 60.1 Å². The predicted octanol–water partition coefficient (Wildman–Crippen LogP) is 5.94. The molecule has 0 saturated carbocycles.